The van der Waals surface area contributed by atoms with Crippen molar-refractivity contribution in [2.24, 2.45) is 11.8 Å². The van der Waals surface area contributed by atoms with Crippen molar-refractivity contribution < 1.29 is 22.3 Å². The van der Waals surface area contributed by atoms with E-state index < -0.39 is 15.8 Å². The van der Waals surface area contributed by atoms with Crippen LogP contribution >= 0.6 is 11.6 Å². The van der Waals surface area contributed by atoms with E-state index in [0.717, 1.165) is 12.5 Å². The Balaban J connectivity index is 1.85. The highest BCUT2D eigenvalue weighted by atomic mass is 35.5. The molecule has 8 heteroatoms. The zero-order valence-electron chi connectivity index (χ0n) is 12.9. The van der Waals surface area contributed by atoms with E-state index in [1.54, 1.807) is 7.11 Å². The molecule has 1 saturated heterocycles. The smallest absolute Gasteiger partial charge is 0.242 e. The zero-order valence-corrected chi connectivity index (χ0v) is 14.5. The van der Waals surface area contributed by atoms with Crippen LogP contribution in [0.1, 0.15) is 12.0 Å². The summed E-state index contributed by atoms with van der Waals surface area (Å²) in [5.41, 5.74) is 0.235. The van der Waals surface area contributed by atoms with Crippen molar-refractivity contribution in [2.45, 2.75) is 30.4 Å². The van der Waals surface area contributed by atoms with Crippen molar-refractivity contribution in [1.82, 2.24) is 4.72 Å². The summed E-state index contributed by atoms with van der Waals surface area (Å²) < 4.78 is 52.3. The molecule has 1 aromatic rings. The van der Waals surface area contributed by atoms with Gasteiger partial charge in [0.15, 0.2) is 0 Å². The minimum absolute atomic E-state index is 0.0254. The zero-order chi connectivity index (χ0) is 16.8. The molecule has 1 aliphatic carbocycles. The minimum atomic E-state index is -3.84. The van der Waals surface area contributed by atoms with Gasteiger partial charge in [0, 0.05) is 31.6 Å². The summed E-state index contributed by atoms with van der Waals surface area (Å²) in [5, 5.41) is -0.123. The monoisotopic (exact) mass is 363 g/mol. The van der Waals surface area contributed by atoms with Crippen LogP contribution in [0.2, 0.25) is 5.02 Å². The molecule has 4 atom stereocenters. The van der Waals surface area contributed by atoms with E-state index in [1.165, 1.54) is 13.0 Å². The van der Waals surface area contributed by atoms with Gasteiger partial charge in [0.25, 0.3) is 0 Å². The molecule has 1 aliphatic heterocycles. The first kappa shape index (κ1) is 17.1. The molecule has 2 fully saturated rings. The first-order valence-electron chi connectivity index (χ1n) is 7.43. The van der Waals surface area contributed by atoms with E-state index in [1.807, 2.05) is 0 Å². The van der Waals surface area contributed by atoms with E-state index in [2.05, 4.69) is 4.72 Å². The Kier molecular flexibility index (Phi) is 4.68. The van der Waals surface area contributed by atoms with Crippen molar-refractivity contribution in [3.05, 3.63) is 28.5 Å². The van der Waals surface area contributed by atoms with Crippen LogP contribution in [0.3, 0.4) is 0 Å². The number of hydrogen-bond donors (Lipinski definition) is 1. The number of aryl methyl sites for hydroxylation is 1. The minimum Gasteiger partial charge on any atom is -0.384 e. The maximum Gasteiger partial charge on any atom is 0.242 e. The number of halogens is 2. The Morgan fingerprint density at radius 1 is 1.48 bits per heavy atom. The average molecular weight is 364 g/mol. The lowest BCUT2D eigenvalue weighted by Gasteiger charge is -2.47. The molecule has 128 valence electrons. The van der Waals surface area contributed by atoms with Crippen molar-refractivity contribution >= 4 is 21.6 Å². The molecule has 0 unspecified atom stereocenters. The molecule has 2 aliphatic rings. The maximum absolute atomic E-state index is 13.5. The first-order valence-corrected chi connectivity index (χ1v) is 9.30. The largest absolute Gasteiger partial charge is 0.384 e. The molecule has 0 amide bonds. The lowest BCUT2D eigenvalue weighted by atomic mass is 9.68. The van der Waals surface area contributed by atoms with Crippen molar-refractivity contribution in [2.75, 3.05) is 20.3 Å². The molecule has 1 heterocycles. The van der Waals surface area contributed by atoms with Crippen LogP contribution in [-0.4, -0.2) is 40.9 Å². The van der Waals surface area contributed by atoms with E-state index in [9.17, 15) is 12.8 Å². The Bertz CT molecular complexity index is 712. The molecule has 0 aromatic heterocycles. The third kappa shape index (κ3) is 3.00. The van der Waals surface area contributed by atoms with Gasteiger partial charge in [0.2, 0.25) is 10.0 Å². The fourth-order valence-electron chi connectivity index (χ4n) is 3.47. The van der Waals surface area contributed by atoms with Crippen LogP contribution in [0.25, 0.3) is 0 Å². The highest BCUT2D eigenvalue weighted by molar-refractivity contribution is 7.89. The average Bonchev–Trinajstić information content (AvgIpc) is 2.91. The van der Waals surface area contributed by atoms with Crippen LogP contribution in [0, 0.1) is 24.6 Å². The number of methoxy groups -OCH3 is 1. The summed E-state index contributed by atoms with van der Waals surface area (Å²) in [7, 11) is -2.26. The predicted octanol–water partition coefficient (Wildman–Crippen LogP) is 2.12. The Morgan fingerprint density at radius 2 is 2.22 bits per heavy atom. The number of nitrogens with one attached hydrogen (secondary N) is 1. The van der Waals surface area contributed by atoms with Gasteiger partial charge in [-0.3, -0.25) is 0 Å². The van der Waals surface area contributed by atoms with Crippen molar-refractivity contribution in [1.29, 1.82) is 0 Å². The number of ether oxygens (including phenoxy) is 2. The van der Waals surface area contributed by atoms with Crippen molar-refractivity contribution in [3.63, 3.8) is 0 Å². The number of fused-ring (bicyclic) bond motifs is 1. The molecular formula is C15H19ClFNO4S. The molecule has 1 N–H and O–H groups in total. The molecule has 5 nitrogen and oxygen atoms in total. The van der Waals surface area contributed by atoms with Gasteiger partial charge in [-0.15, -0.1) is 0 Å². The summed E-state index contributed by atoms with van der Waals surface area (Å²) in [4.78, 5) is -0.100. The normalized spacial score (nSPS) is 30.1. The lowest BCUT2D eigenvalue weighted by Crippen LogP contribution is -2.62. The third-order valence-electron chi connectivity index (χ3n) is 4.68. The van der Waals surface area contributed by atoms with Gasteiger partial charge in [0.05, 0.1) is 17.7 Å². The highest BCUT2D eigenvalue weighted by Gasteiger charge is 2.55. The van der Waals surface area contributed by atoms with Crippen LogP contribution in [0.15, 0.2) is 17.0 Å². The fourth-order valence-corrected chi connectivity index (χ4v) is 5.41. The summed E-state index contributed by atoms with van der Waals surface area (Å²) in [6.07, 6.45) is 0.849. The molecule has 0 radical (unpaired) electrons. The number of rotatable bonds is 5. The van der Waals surface area contributed by atoms with Gasteiger partial charge in [-0.25, -0.2) is 17.5 Å². The number of hydrogen-bond acceptors (Lipinski definition) is 4. The van der Waals surface area contributed by atoms with E-state index in [4.69, 9.17) is 21.1 Å². The number of benzene rings is 1. The quantitative estimate of drug-likeness (QED) is 0.870. The molecule has 1 saturated carbocycles. The summed E-state index contributed by atoms with van der Waals surface area (Å²) in [6.45, 7) is 2.55. The summed E-state index contributed by atoms with van der Waals surface area (Å²) >= 11 is 5.93. The van der Waals surface area contributed by atoms with Gasteiger partial charge >= 0.3 is 0 Å². The SMILES string of the molecule is COC[C@@H]1[C@@H](NS(=O)(=O)c2cc(C)c(F)cc2Cl)[C@@H]2CCO[C@H]12. The van der Waals surface area contributed by atoms with E-state index >= 15 is 0 Å². The fraction of sp³-hybridized carbons (Fsp3) is 0.600. The molecular weight excluding hydrogens is 345 g/mol. The van der Waals surface area contributed by atoms with Gasteiger partial charge < -0.3 is 9.47 Å². The number of sulfonamides is 1. The standard InChI is InChI=1S/C15H19ClFNO4S/c1-8-5-13(11(16)6-12(8)17)23(19,20)18-14-9-3-4-22-15(9)10(14)7-21-2/h5-6,9-10,14-15,18H,3-4,7H2,1-2H3/t9-,10+,14-,15-/m0/s1. The van der Waals surface area contributed by atoms with Crippen molar-refractivity contribution in [3.8, 4) is 0 Å². The second-order valence-electron chi connectivity index (χ2n) is 6.09. The van der Waals surface area contributed by atoms with Crippen LogP contribution in [-0.2, 0) is 19.5 Å². The van der Waals surface area contributed by atoms with Gasteiger partial charge in [-0.05, 0) is 31.0 Å². The van der Waals surface area contributed by atoms with Gasteiger partial charge in [0.1, 0.15) is 10.7 Å². The molecule has 23 heavy (non-hydrogen) atoms. The topological polar surface area (TPSA) is 64.6 Å². The Labute approximate surface area is 140 Å². The summed E-state index contributed by atoms with van der Waals surface area (Å²) in [5.74, 6) is -0.410. The van der Waals surface area contributed by atoms with E-state index in [0.29, 0.717) is 13.2 Å². The molecule has 1 aromatic carbocycles. The predicted molar refractivity (Wildman–Crippen MR) is 83.5 cm³/mol. The lowest BCUT2D eigenvalue weighted by molar-refractivity contribution is -0.0775. The van der Waals surface area contributed by atoms with Crippen LogP contribution < -0.4 is 4.72 Å². The maximum atomic E-state index is 13.5. The Morgan fingerprint density at radius 3 is 2.91 bits per heavy atom. The molecule has 0 spiro atoms. The first-order chi connectivity index (χ1) is 10.8. The van der Waals surface area contributed by atoms with Gasteiger partial charge in [-0.1, -0.05) is 11.6 Å². The second-order valence-corrected chi connectivity index (χ2v) is 8.18. The molecule has 3 rings (SSSR count). The second kappa shape index (κ2) is 6.29. The van der Waals surface area contributed by atoms with Gasteiger partial charge in [-0.2, -0.15) is 0 Å². The molecule has 0 bridgehead atoms. The van der Waals surface area contributed by atoms with Crippen LogP contribution in [0.5, 0.6) is 0 Å². The van der Waals surface area contributed by atoms with Crippen LogP contribution in [0.4, 0.5) is 4.39 Å². The Hall–Kier alpha value is -0.730. The third-order valence-corrected chi connectivity index (χ3v) is 6.61. The highest BCUT2D eigenvalue weighted by Crippen LogP contribution is 2.44. The summed E-state index contributed by atoms with van der Waals surface area (Å²) in [6, 6.07) is 2.03. The van der Waals surface area contributed by atoms with E-state index in [-0.39, 0.29) is 39.5 Å².